The summed E-state index contributed by atoms with van der Waals surface area (Å²) < 4.78 is 5.26. The molecule has 2 unspecified atom stereocenters. The third kappa shape index (κ3) is 2.79. The molecule has 0 aliphatic heterocycles. The highest BCUT2D eigenvalue weighted by Gasteiger charge is 2.61. The summed E-state index contributed by atoms with van der Waals surface area (Å²) in [6.07, 6.45) is 14.7. The predicted molar refractivity (Wildman–Crippen MR) is 106 cm³/mol. The summed E-state index contributed by atoms with van der Waals surface area (Å²) in [5.74, 6) is 2.05. The lowest BCUT2D eigenvalue weighted by Gasteiger charge is -2.66. The average molecular weight is 359 g/mol. The molecule has 1 aromatic heterocycles. The van der Waals surface area contributed by atoms with Crippen molar-refractivity contribution in [3.8, 4) is 0 Å². The molecule has 1 N–H and O–H groups in total. The van der Waals surface area contributed by atoms with Crippen LogP contribution in [-0.2, 0) is 6.42 Å². The van der Waals surface area contributed by atoms with Gasteiger partial charge in [0, 0.05) is 0 Å². The largest absolute Gasteiger partial charge is 0.472 e. The monoisotopic (exact) mass is 358 g/mol. The van der Waals surface area contributed by atoms with E-state index >= 15 is 0 Å². The van der Waals surface area contributed by atoms with E-state index in [1.165, 1.54) is 44.1 Å². The maximum absolute atomic E-state index is 11.0. The molecule has 3 fully saturated rings. The Labute approximate surface area is 159 Å². The smallest absolute Gasteiger partial charge is 0.0934 e. The van der Waals surface area contributed by atoms with Crippen molar-refractivity contribution in [2.45, 2.75) is 91.6 Å². The summed E-state index contributed by atoms with van der Waals surface area (Å²) in [5.41, 5.74) is 2.51. The second-order valence-corrected chi connectivity index (χ2v) is 10.9. The third-order valence-corrected chi connectivity index (χ3v) is 9.23. The van der Waals surface area contributed by atoms with E-state index in [1.54, 1.807) is 6.26 Å². The quantitative estimate of drug-likeness (QED) is 0.694. The molecular formula is C24H38O2. The first-order valence-electron chi connectivity index (χ1n) is 11.0. The van der Waals surface area contributed by atoms with Crippen molar-refractivity contribution < 1.29 is 9.52 Å². The van der Waals surface area contributed by atoms with Crippen molar-refractivity contribution in [3.63, 3.8) is 0 Å². The summed E-state index contributed by atoms with van der Waals surface area (Å²) in [6, 6.07) is 2.08. The molecule has 4 rings (SSSR count). The minimum atomic E-state index is -0.125. The molecule has 0 spiro atoms. The van der Waals surface area contributed by atoms with E-state index in [0.29, 0.717) is 22.2 Å². The van der Waals surface area contributed by atoms with Crippen LogP contribution < -0.4 is 0 Å². The summed E-state index contributed by atoms with van der Waals surface area (Å²) in [6.45, 7) is 10.2. The number of fused-ring (bicyclic) bond motifs is 3. The SMILES string of the molecule is CC1(C)CCC[C@@]2(C)C1CC[C@@]1(C)C2CC[C@H](O)[C@@H]1CCc1ccoc1. The molecule has 3 saturated carbocycles. The van der Waals surface area contributed by atoms with E-state index in [1.807, 2.05) is 6.26 Å². The van der Waals surface area contributed by atoms with Gasteiger partial charge >= 0.3 is 0 Å². The average Bonchev–Trinajstić information content (AvgIpc) is 3.06. The molecule has 0 amide bonds. The second kappa shape index (κ2) is 6.40. The Hall–Kier alpha value is -0.760. The topological polar surface area (TPSA) is 33.4 Å². The van der Waals surface area contributed by atoms with Crippen LogP contribution in [-0.4, -0.2) is 11.2 Å². The lowest BCUT2D eigenvalue weighted by atomic mass is 9.39. The highest BCUT2D eigenvalue weighted by molar-refractivity contribution is 5.12. The Morgan fingerprint density at radius 2 is 1.81 bits per heavy atom. The molecule has 1 aromatic rings. The van der Waals surface area contributed by atoms with Gasteiger partial charge < -0.3 is 9.52 Å². The van der Waals surface area contributed by atoms with E-state index in [0.717, 1.165) is 31.1 Å². The highest BCUT2D eigenvalue weighted by atomic mass is 16.3. The van der Waals surface area contributed by atoms with Crippen molar-refractivity contribution in [2.24, 2.45) is 34.0 Å². The maximum atomic E-state index is 11.0. The normalized spacial score (nSPS) is 45.0. The minimum Gasteiger partial charge on any atom is -0.472 e. The Morgan fingerprint density at radius 1 is 1.00 bits per heavy atom. The summed E-state index contributed by atoms with van der Waals surface area (Å²) in [4.78, 5) is 0. The van der Waals surface area contributed by atoms with Gasteiger partial charge in [-0.05, 0) is 97.0 Å². The van der Waals surface area contributed by atoms with E-state index in [2.05, 4.69) is 33.8 Å². The number of aliphatic hydroxyl groups is 1. The van der Waals surface area contributed by atoms with Crippen molar-refractivity contribution in [1.82, 2.24) is 0 Å². The van der Waals surface area contributed by atoms with Crippen LogP contribution in [0.1, 0.15) is 84.6 Å². The van der Waals surface area contributed by atoms with E-state index < -0.39 is 0 Å². The lowest BCUT2D eigenvalue weighted by Crippen LogP contribution is -2.60. The molecule has 26 heavy (non-hydrogen) atoms. The zero-order valence-corrected chi connectivity index (χ0v) is 17.3. The van der Waals surface area contributed by atoms with Crippen LogP contribution in [0.15, 0.2) is 23.0 Å². The van der Waals surface area contributed by atoms with Crippen LogP contribution in [0.5, 0.6) is 0 Å². The van der Waals surface area contributed by atoms with E-state index in [9.17, 15) is 5.11 Å². The molecule has 0 aromatic carbocycles. The van der Waals surface area contributed by atoms with Gasteiger partial charge in [-0.15, -0.1) is 0 Å². The molecule has 2 nitrogen and oxygen atoms in total. The Balaban J connectivity index is 1.61. The predicted octanol–water partition coefficient (Wildman–Crippen LogP) is 6.23. The van der Waals surface area contributed by atoms with Crippen molar-refractivity contribution in [3.05, 3.63) is 24.2 Å². The fourth-order valence-electron chi connectivity index (χ4n) is 8.05. The fourth-order valence-corrected chi connectivity index (χ4v) is 8.05. The van der Waals surface area contributed by atoms with Crippen LogP contribution in [0.3, 0.4) is 0 Å². The molecule has 1 heterocycles. The van der Waals surface area contributed by atoms with Crippen LogP contribution in [0, 0.1) is 34.0 Å². The molecular weight excluding hydrogens is 320 g/mol. The van der Waals surface area contributed by atoms with Gasteiger partial charge in [-0.3, -0.25) is 0 Å². The van der Waals surface area contributed by atoms with Crippen molar-refractivity contribution in [1.29, 1.82) is 0 Å². The van der Waals surface area contributed by atoms with Crippen LogP contribution in [0.25, 0.3) is 0 Å². The molecule has 0 bridgehead atoms. The first-order chi connectivity index (χ1) is 12.3. The number of furan rings is 1. The summed E-state index contributed by atoms with van der Waals surface area (Å²) in [5, 5.41) is 11.0. The van der Waals surface area contributed by atoms with Gasteiger partial charge in [-0.25, -0.2) is 0 Å². The van der Waals surface area contributed by atoms with E-state index in [-0.39, 0.29) is 6.10 Å². The number of rotatable bonds is 3. The standard InChI is InChI=1S/C24H38O2/c1-22(2)12-5-13-24(4)20(22)10-14-23(3)18(19(25)8-9-21(23)24)7-6-17-11-15-26-16-17/h11,15-16,18-21,25H,5-10,12-14H2,1-4H3/t18-,19-,20?,21?,23+,24-/m0/s1. The third-order valence-electron chi connectivity index (χ3n) is 9.23. The maximum Gasteiger partial charge on any atom is 0.0934 e. The molecule has 3 aliphatic rings. The number of hydrogen-bond donors (Lipinski definition) is 1. The van der Waals surface area contributed by atoms with Crippen LogP contribution >= 0.6 is 0 Å². The lowest BCUT2D eigenvalue weighted by molar-refractivity contribution is -0.186. The number of hydrogen-bond acceptors (Lipinski definition) is 2. The van der Waals surface area contributed by atoms with E-state index in [4.69, 9.17) is 4.42 Å². The minimum absolute atomic E-state index is 0.125. The van der Waals surface area contributed by atoms with Gasteiger partial charge in [0.15, 0.2) is 0 Å². The zero-order chi connectivity index (χ0) is 18.6. The van der Waals surface area contributed by atoms with Crippen LogP contribution in [0.2, 0.25) is 0 Å². The first kappa shape index (κ1) is 18.6. The number of aliphatic hydroxyl groups excluding tert-OH is 1. The molecule has 0 radical (unpaired) electrons. The van der Waals surface area contributed by atoms with Gasteiger partial charge in [-0.2, -0.15) is 0 Å². The summed E-state index contributed by atoms with van der Waals surface area (Å²) >= 11 is 0. The molecule has 0 saturated heterocycles. The molecule has 146 valence electrons. The Bertz CT molecular complexity index is 618. The molecule has 6 atom stereocenters. The zero-order valence-electron chi connectivity index (χ0n) is 17.3. The fraction of sp³-hybridized carbons (Fsp3) is 0.833. The second-order valence-electron chi connectivity index (χ2n) is 10.9. The van der Waals surface area contributed by atoms with Crippen molar-refractivity contribution in [2.75, 3.05) is 0 Å². The van der Waals surface area contributed by atoms with Gasteiger partial charge in [0.2, 0.25) is 0 Å². The number of aryl methyl sites for hydroxylation is 1. The van der Waals surface area contributed by atoms with Gasteiger partial charge in [-0.1, -0.05) is 34.1 Å². The van der Waals surface area contributed by atoms with Crippen molar-refractivity contribution >= 4 is 0 Å². The molecule has 3 aliphatic carbocycles. The first-order valence-corrected chi connectivity index (χ1v) is 11.0. The van der Waals surface area contributed by atoms with Gasteiger partial charge in [0.25, 0.3) is 0 Å². The van der Waals surface area contributed by atoms with Crippen LogP contribution in [0.4, 0.5) is 0 Å². The van der Waals surface area contributed by atoms with Gasteiger partial charge in [0.05, 0.1) is 18.6 Å². The molecule has 2 heteroatoms. The summed E-state index contributed by atoms with van der Waals surface area (Å²) in [7, 11) is 0. The Morgan fingerprint density at radius 3 is 2.54 bits per heavy atom. The highest BCUT2D eigenvalue weighted by Crippen LogP contribution is 2.68. The Kier molecular flexibility index (Phi) is 4.58. The van der Waals surface area contributed by atoms with Gasteiger partial charge in [0.1, 0.15) is 0 Å².